The number of ether oxygens (including phenoxy) is 1. The van der Waals surface area contributed by atoms with Gasteiger partial charge in [0.25, 0.3) is 5.91 Å². The lowest BCUT2D eigenvalue weighted by atomic mass is 9.87. The lowest BCUT2D eigenvalue weighted by Crippen LogP contribution is -2.41. The van der Waals surface area contributed by atoms with Gasteiger partial charge in [0.05, 0.1) is 18.2 Å². The molecular weight excluding hydrogens is 394 g/mol. The molecule has 0 bridgehead atoms. The molecule has 2 aromatic rings. The van der Waals surface area contributed by atoms with E-state index in [1.165, 1.54) is 12.3 Å². The number of carbonyl (C=O) groups excluding carboxylic acids is 2. The first-order valence-electron chi connectivity index (χ1n) is 10.1. The molecule has 1 aliphatic carbocycles. The van der Waals surface area contributed by atoms with Crippen molar-refractivity contribution < 1.29 is 27.5 Å². The first kappa shape index (κ1) is 21.9. The maximum absolute atomic E-state index is 13.8. The summed E-state index contributed by atoms with van der Waals surface area (Å²) < 4.78 is 37.3. The van der Waals surface area contributed by atoms with Crippen molar-refractivity contribution >= 4 is 11.9 Å². The van der Waals surface area contributed by atoms with Crippen LogP contribution >= 0.6 is 0 Å². The maximum Gasteiger partial charge on any atom is 0.306 e. The molecule has 1 amide bonds. The average Bonchev–Trinajstić information content (AvgIpc) is 3.19. The van der Waals surface area contributed by atoms with Crippen molar-refractivity contribution in [1.82, 2.24) is 9.88 Å². The van der Waals surface area contributed by atoms with E-state index in [-0.39, 0.29) is 48.6 Å². The van der Waals surface area contributed by atoms with Gasteiger partial charge in [-0.05, 0) is 43.7 Å². The van der Waals surface area contributed by atoms with Crippen molar-refractivity contribution in [2.45, 2.75) is 51.5 Å². The second-order valence-corrected chi connectivity index (χ2v) is 7.82. The summed E-state index contributed by atoms with van der Waals surface area (Å²) in [6, 6.07) is 3.35. The topological polar surface area (TPSA) is 72.6 Å². The van der Waals surface area contributed by atoms with Gasteiger partial charge in [0.15, 0.2) is 18.3 Å². The van der Waals surface area contributed by atoms with Crippen LogP contribution in [0.4, 0.5) is 8.78 Å². The molecule has 1 aromatic heterocycles. The number of esters is 1. The third-order valence-electron chi connectivity index (χ3n) is 5.58. The van der Waals surface area contributed by atoms with Crippen LogP contribution in [0.2, 0.25) is 0 Å². The van der Waals surface area contributed by atoms with Crippen LogP contribution in [0.3, 0.4) is 0 Å². The standard InChI is InChI=1S/C22H26F2N2O4/c1-14-3-6-16(7-4-14)26(2)21(27)13-29-22(28)10-9-20-25-12-19(30-20)17-8-5-15(23)11-18(17)24/h5,8,11-12,14,16H,3-4,6-7,9-10,13H2,1-2H3. The summed E-state index contributed by atoms with van der Waals surface area (Å²) >= 11 is 0. The van der Waals surface area contributed by atoms with E-state index in [0.29, 0.717) is 5.92 Å². The molecule has 0 atom stereocenters. The molecule has 0 saturated heterocycles. The van der Waals surface area contributed by atoms with Crippen molar-refractivity contribution in [2.75, 3.05) is 13.7 Å². The molecule has 3 rings (SSSR count). The largest absolute Gasteiger partial charge is 0.456 e. The van der Waals surface area contributed by atoms with Crippen LogP contribution in [0.1, 0.15) is 44.9 Å². The van der Waals surface area contributed by atoms with E-state index in [4.69, 9.17) is 9.15 Å². The number of likely N-dealkylation sites (N-methyl/N-ethyl adjacent to an activating group) is 1. The fourth-order valence-electron chi connectivity index (χ4n) is 3.60. The fraction of sp³-hybridized carbons (Fsp3) is 0.500. The summed E-state index contributed by atoms with van der Waals surface area (Å²) in [5, 5.41) is 0. The Morgan fingerprint density at radius 1 is 1.23 bits per heavy atom. The molecule has 30 heavy (non-hydrogen) atoms. The Morgan fingerprint density at radius 2 is 1.97 bits per heavy atom. The first-order valence-corrected chi connectivity index (χ1v) is 10.1. The Balaban J connectivity index is 1.44. The molecule has 0 N–H and O–H groups in total. The predicted octanol–water partition coefficient (Wildman–Crippen LogP) is 4.13. The Hall–Kier alpha value is -2.77. The zero-order valence-electron chi connectivity index (χ0n) is 17.2. The minimum absolute atomic E-state index is 0.0240. The number of carbonyl (C=O) groups is 2. The smallest absolute Gasteiger partial charge is 0.306 e. The zero-order chi connectivity index (χ0) is 21.7. The summed E-state index contributed by atoms with van der Waals surface area (Å²) in [4.78, 5) is 29.9. The van der Waals surface area contributed by atoms with Gasteiger partial charge in [0.2, 0.25) is 0 Å². The van der Waals surface area contributed by atoms with Crippen LogP contribution in [0, 0.1) is 17.6 Å². The van der Waals surface area contributed by atoms with Gasteiger partial charge in [-0.25, -0.2) is 13.8 Å². The highest BCUT2D eigenvalue weighted by molar-refractivity contribution is 5.80. The van der Waals surface area contributed by atoms with E-state index < -0.39 is 17.6 Å². The number of amides is 1. The van der Waals surface area contributed by atoms with Crippen LogP contribution in [0.25, 0.3) is 11.3 Å². The molecule has 1 saturated carbocycles. The van der Waals surface area contributed by atoms with E-state index in [1.807, 2.05) is 0 Å². The Kier molecular flexibility index (Phi) is 7.18. The predicted molar refractivity (Wildman–Crippen MR) is 105 cm³/mol. The van der Waals surface area contributed by atoms with Crippen molar-refractivity contribution in [1.29, 1.82) is 0 Å². The summed E-state index contributed by atoms with van der Waals surface area (Å²) in [6.07, 6.45) is 5.58. The summed E-state index contributed by atoms with van der Waals surface area (Å²) in [6.45, 7) is 1.92. The molecule has 0 spiro atoms. The van der Waals surface area contributed by atoms with E-state index in [2.05, 4.69) is 11.9 Å². The number of hydrogen-bond donors (Lipinski definition) is 0. The average molecular weight is 420 g/mol. The molecule has 0 aliphatic heterocycles. The number of nitrogens with zero attached hydrogens (tertiary/aromatic N) is 2. The normalized spacial score (nSPS) is 18.8. The van der Waals surface area contributed by atoms with Gasteiger partial charge < -0.3 is 14.1 Å². The third-order valence-corrected chi connectivity index (χ3v) is 5.58. The number of aromatic nitrogens is 1. The molecule has 0 radical (unpaired) electrons. The fourth-order valence-corrected chi connectivity index (χ4v) is 3.60. The van der Waals surface area contributed by atoms with Crippen molar-refractivity contribution in [3.8, 4) is 11.3 Å². The Morgan fingerprint density at radius 3 is 2.67 bits per heavy atom. The lowest BCUT2D eigenvalue weighted by Gasteiger charge is -2.33. The van der Waals surface area contributed by atoms with Gasteiger partial charge in [-0.3, -0.25) is 9.59 Å². The van der Waals surface area contributed by atoms with Gasteiger partial charge >= 0.3 is 5.97 Å². The second kappa shape index (κ2) is 9.82. The number of oxazole rings is 1. The number of hydrogen-bond acceptors (Lipinski definition) is 5. The van der Waals surface area contributed by atoms with Crippen LogP contribution < -0.4 is 0 Å². The molecule has 1 aliphatic rings. The van der Waals surface area contributed by atoms with Gasteiger partial charge in [-0.2, -0.15) is 0 Å². The molecule has 1 fully saturated rings. The van der Waals surface area contributed by atoms with E-state index in [0.717, 1.165) is 37.8 Å². The van der Waals surface area contributed by atoms with E-state index >= 15 is 0 Å². The number of aryl methyl sites for hydroxylation is 1. The molecular formula is C22H26F2N2O4. The minimum Gasteiger partial charge on any atom is -0.456 e. The first-order chi connectivity index (χ1) is 14.3. The van der Waals surface area contributed by atoms with Gasteiger partial charge in [0, 0.05) is 25.6 Å². The molecule has 8 heteroatoms. The zero-order valence-corrected chi connectivity index (χ0v) is 17.2. The van der Waals surface area contributed by atoms with Gasteiger partial charge in [-0.15, -0.1) is 0 Å². The molecule has 1 aromatic carbocycles. The molecule has 1 heterocycles. The highest BCUT2D eigenvalue weighted by Gasteiger charge is 2.25. The molecule has 162 valence electrons. The molecule has 6 nitrogen and oxygen atoms in total. The number of halogens is 2. The summed E-state index contributed by atoms with van der Waals surface area (Å²) in [5.41, 5.74) is 0.0865. The van der Waals surface area contributed by atoms with Crippen LogP contribution in [0.5, 0.6) is 0 Å². The van der Waals surface area contributed by atoms with E-state index in [9.17, 15) is 18.4 Å². The van der Waals surface area contributed by atoms with Crippen LogP contribution in [-0.4, -0.2) is 41.5 Å². The van der Waals surface area contributed by atoms with E-state index in [1.54, 1.807) is 11.9 Å². The van der Waals surface area contributed by atoms with Crippen molar-refractivity contribution in [2.24, 2.45) is 5.92 Å². The maximum atomic E-state index is 13.8. The number of rotatable bonds is 7. The Bertz CT molecular complexity index is 891. The highest BCUT2D eigenvalue weighted by Crippen LogP contribution is 2.27. The van der Waals surface area contributed by atoms with Crippen LogP contribution in [0.15, 0.2) is 28.8 Å². The Labute approximate surface area is 174 Å². The second-order valence-electron chi connectivity index (χ2n) is 7.82. The lowest BCUT2D eigenvalue weighted by molar-refractivity contribution is -0.152. The summed E-state index contributed by atoms with van der Waals surface area (Å²) in [7, 11) is 1.75. The van der Waals surface area contributed by atoms with Crippen molar-refractivity contribution in [3.05, 3.63) is 41.9 Å². The number of benzene rings is 1. The van der Waals surface area contributed by atoms with Crippen molar-refractivity contribution in [3.63, 3.8) is 0 Å². The minimum atomic E-state index is -0.757. The van der Waals surface area contributed by atoms with Gasteiger partial charge in [0.1, 0.15) is 11.6 Å². The monoisotopic (exact) mass is 420 g/mol. The quantitative estimate of drug-likeness (QED) is 0.630. The van der Waals surface area contributed by atoms with Gasteiger partial charge in [-0.1, -0.05) is 6.92 Å². The SMILES string of the molecule is CC1CCC(N(C)C(=O)COC(=O)CCc2ncc(-c3ccc(F)cc3F)o2)CC1. The highest BCUT2D eigenvalue weighted by atomic mass is 19.1. The van der Waals surface area contributed by atoms with Crippen LogP contribution in [-0.2, 0) is 20.7 Å². The summed E-state index contributed by atoms with van der Waals surface area (Å²) in [5.74, 6) is -1.13. The third kappa shape index (κ3) is 5.64. The molecule has 0 unspecified atom stereocenters.